The average Bonchev–Trinajstić information content (AvgIpc) is 2.42. The normalized spacial score (nSPS) is 11.1. The molecule has 0 bridgehead atoms. The Hall–Kier alpha value is -1.93. The Morgan fingerprint density at radius 3 is 2.43 bits per heavy atom. The molecular formula is C15H14BrFN2O3S. The molecule has 8 heteroatoms. The molecule has 0 spiro atoms. The van der Waals surface area contributed by atoms with Gasteiger partial charge in [-0.3, -0.25) is 9.52 Å². The molecule has 0 aliphatic rings. The quantitative estimate of drug-likeness (QED) is 0.823. The molecule has 2 rings (SSSR count). The summed E-state index contributed by atoms with van der Waals surface area (Å²) in [6.07, 6.45) is 1.02. The van der Waals surface area contributed by atoms with Gasteiger partial charge in [0.25, 0.3) is 5.91 Å². The first kappa shape index (κ1) is 17.4. The topological polar surface area (TPSA) is 75.3 Å². The number of halogens is 2. The number of nitrogens with one attached hydrogen (secondary N) is 2. The highest BCUT2D eigenvalue weighted by molar-refractivity contribution is 9.10. The fourth-order valence-electron chi connectivity index (χ4n) is 1.86. The summed E-state index contributed by atoms with van der Waals surface area (Å²) in [4.78, 5) is 12.2. The van der Waals surface area contributed by atoms with Crippen molar-refractivity contribution in [3.8, 4) is 0 Å². The summed E-state index contributed by atoms with van der Waals surface area (Å²) < 4.78 is 39.3. The van der Waals surface area contributed by atoms with Gasteiger partial charge in [-0.1, -0.05) is 22.0 Å². The molecule has 2 aromatic carbocycles. The molecule has 0 unspecified atom stereocenters. The third-order valence-corrected chi connectivity index (χ3v) is 4.06. The number of sulfonamides is 1. The molecular weight excluding hydrogens is 387 g/mol. The van der Waals surface area contributed by atoms with Crippen molar-refractivity contribution >= 4 is 43.2 Å². The van der Waals surface area contributed by atoms with Crippen molar-refractivity contribution in [2.75, 3.05) is 16.3 Å². The minimum absolute atomic E-state index is 0.0383. The molecule has 0 saturated heterocycles. The Morgan fingerprint density at radius 2 is 1.83 bits per heavy atom. The van der Waals surface area contributed by atoms with E-state index < -0.39 is 21.7 Å². The van der Waals surface area contributed by atoms with Gasteiger partial charge < -0.3 is 5.32 Å². The van der Waals surface area contributed by atoms with Crippen molar-refractivity contribution in [3.63, 3.8) is 0 Å². The fourth-order valence-corrected chi connectivity index (χ4v) is 2.81. The van der Waals surface area contributed by atoms with Crippen molar-refractivity contribution in [2.24, 2.45) is 0 Å². The summed E-state index contributed by atoms with van der Waals surface area (Å²) in [7, 11) is -3.46. The van der Waals surface area contributed by atoms with E-state index in [-0.39, 0.29) is 11.3 Å². The minimum Gasteiger partial charge on any atom is -0.319 e. The number of hydrogen-bond donors (Lipinski definition) is 2. The van der Waals surface area contributed by atoms with E-state index in [1.54, 1.807) is 19.1 Å². The zero-order valence-corrected chi connectivity index (χ0v) is 14.8. The molecule has 0 heterocycles. The van der Waals surface area contributed by atoms with Crippen molar-refractivity contribution in [1.82, 2.24) is 0 Å². The van der Waals surface area contributed by atoms with Gasteiger partial charge in [0.15, 0.2) is 0 Å². The van der Waals surface area contributed by atoms with Crippen LogP contribution in [0.4, 0.5) is 15.8 Å². The Morgan fingerprint density at radius 1 is 1.13 bits per heavy atom. The monoisotopic (exact) mass is 400 g/mol. The van der Waals surface area contributed by atoms with E-state index >= 15 is 0 Å². The van der Waals surface area contributed by atoms with E-state index in [1.807, 2.05) is 0 Å². The lowest BCUT2D eigenvalue weighted by Gasteiger charge is -2.11. The second-order valence-corrected chi connectivity index (χ2v) is 7.65. The van der Waals surface area contributed by atoms with Crippen LogP contribution in [0.25, 0.3) is 0 Å². The summed E-state index contributed by atoms with van der Waals surface area (Å²) in [5.74, 6) is -1.11. The van der Waals surface area contributed by atoms with Crippen LogP contribution in [0.15, 0.2) is 40.9 Å². The number of aryl methyl sites for hydroxylation is 1. The molecule has 0 fully saturated rings. The van der Waals surface area contributed by atoms with Gasteiger partial charge in [-0.05, 0) is 42.8 Å². The zero-order valence-electron chi connectivity index (χ0n) is 12.4. The van der Waals surface area contributed by atoms with Gasteiger partial charge in [0.1, 0.15) is 5.82 Å². The number of rotatable bonds is 4. The lowest BCUT2D eigenvalue weighted by atomic mass is 10.1. The molecule has 2 aromatic rings. The van der Waals surface area contributed by atoms with E-state index in [0.29, 0.717) is 15.7 Å². The van der Waals surface area contributed by atoms with Crippen molar-refractivity contribution in [1.29, 1.82) is 0 Å². The summed E-state index contributed by atoms with van der Waals surface area (Å²) in [5.41, 5.74) is 1.22. The van der Waals surface area contributed by atoms with Gasteiger partial charge in [-0.15, -0.1) is 0 Å². The summed E-state index contributed by atoms with van der Waals surface area (Å²) in [5, 5.41) is 2.45. The Labute approximate surface area is 142 Å². The first-order chi connectivity index (χ1) is 10.7. The van der Waals surface area contributed by atoms with Gasteiger partial charge in [0, 0.05) is 10.0 Å². The van der Waals surface area contributed by atoms with Crippen LogP contribution in [-0.4, -0.2) is 20.6 Å². The average molecular weight is 401 g/mol. The van der Waals surface area contributed by atoms with Crippen molar-refractivity contribution in [2.45, 2.75) is 6.92 Å². The number of hydrogen-bond acceptors (Lipinski definition) is 3. The predicted octanol–water partition coefficient (Wildman–Crippen LogP) is 3.52. The molecule has 23 heavy (non-hydrogen) atoms. The third-order valence-electron chi connectivity index (χ3n) is 2.97. The molecule has 1 amide bonds. The third kappa shape index (κ3) is 4.77. The van der Waals surface area contributed by atoms with E-state index in [9.17, 15) is 17.6 Å². The molecule has 122 valence electrons. The second kappa shape index (κ2) is 6.67. The molecule has 0 aliphatic carbocycles. The maximum absolute atomic E-state index is 13.8. The molecule has 0 aromatic heterocycles. The molecule has 5 nitrogen and oxygen atoms in total. The Balaban J connectivity index is 2.27. The summed E-state index contributed by atoms with van der Waals surface area (Å²) in [6, 6.07) is 8.82. The molecule has 0 saturated carbocycles. The van der Waals surface area contributed by atoms with Crippen molar-refractivity contribution in [3.05, 3.63) is 57.8 Å². The predicted molar refractivity (Wildman–Crippen MR) is 91.7 cm³/mol. The van der Waals surface area contributed by atoms with Crippen LogP contribution < -0.4 is 10.0 Å². The van der Waals surface area contributed by atoms with Gasteiger partial charge in [-0.2, -0.15) is 0 Å². The number of carbonyl (C=O) groups excluding carboxylic acids is 1. The van der Waals surface area contributed by atoms with Gasteiger partial charge in [0.05, 0.1) is 17.6 Å². The van der Waals surface area contributed by atoms with Crippen molar-refractivity contribution < 1.29 is 17.6 Å². The van der Waals surface area contributed by atoms with Crippen LogP contribution in [0.1, 0.15) is 15.9 Å². The van der Waals surface area contributed by atoms with Crippen LogP contribution in [0.3, 0.4) is 0 Å². The number of amides is 1. The molecule has 2 N–H and O–H groups in total. The van der Waals surface area contributed by atoms with Crippen LogP contribution in [0.2, 0.25) is 0 Å². The highest BCUT2D eigenvalue weighted by Crippen LogP contribution is 2.22. The number of carbonyl (C=O) groups is 1. The Bertz CT molecular complexity index is 869. The first-order valence-corrected chi connectivity index (χ1v) is 9.19. The summed E-state index contributed by atoms with van der Waals surface area (Å²) in [6.45, 7) is 1.71. The maximum Gasteiger partial charge on any atom is 0.255 e. The molecule has 0 aliphatic heterocycles. The van der Waals surface area contributed by atoms with E-state index in [4.69, 9.17) is 0 Å². The lowest BCUT2D eigenvalue weighted by Crippen LogP contribution is -2.15. The highest BCUT2D eigenvalue weighted by Gasteiger charge is 2.13. The van der Waals surface area contributed by atoms with Gasteiger partial charge in [0.2, 0.25) is 10.0 Å². The fraction of sp³-hybridized carbons (Fsp3) is 0.133. The second-order valence-electron chi connectivity index (χ2n) is 4.98. The SMILES string of the molecule is Cc1ccc(C(=O)Nc2ccc(Br)cc2F)cc1NS(C)(=O)=O. The first-order valence-electron chi connectivity index (χ1n) is 6.50. The van der Waals surface area contributed by atoms with Gasteiger partial charge >= 0.3 is 0 Å². The van der Waals surface area contributed by atoms with Crippen LogP contribution in [-0.2, 0) is 10.0 Å². The van der Waals surface area contributed by atoms with Crippen LogP contribution in [0.5, 0.6) is 0 Å². The maximum atomic E-state index is 13.8. The van der Waals surface area contributed by atoms with E-state index in [0.717, 1.165) is 6.26 Å². The van der Waals surface area contributed by atoms with E-state index in [2.05, 4.69) is 26.0 Å². The lowest BCUT2D eigenvalue weighted by molar-refractivity contribution is 0.102. The summed E-state index contributed by atoms with van der Waals surface area (Å²) >= 11 is 3.13. The Kier molecular flexibility index (Phi) is 5.06. The van der Waals surface area contributed by atoms with Crippen LogP contribution >= 0.6 is 15.9 Å². The highest BCUT2D eigenvalue weighted by atomic mass is 79.9. The zero-order chi connectivity index (χ0) is 17.2. The number of benzene rings is 2. The minimum atomic E-state index is -3.46. The molecule has 0 radical (unpaired) electrons. The van der Waals surface area contributed by atoms with E-state index in [1.165, 1.54) is 24.3 Å². The van der Waals surface area contributed by atoms with Crippen LogP contribution in [0, 0.1) is 12.7 Å². The largest absolute Gasteiger partial charge is 0.319 e. The smallest absolute Gasteiger partial charge is 0.255 e. The standard InChI is InChI=1S/C15H14BrFN2O3S/c1-9-3-4-10(7-14(9)19-23(2,21)22)15(20)18-13-6-5-11(16)8-12(13)17/h3-8,19H,1-2H3,(H,18,20). The van der Waals surface area contributed by atoms with Gasteiger partial charge in [-0.25, -0.2) is 12.8 Å². The molecule has 0 atom stereocenters. The number of anilines is 2.